The van der Waals surface area contributed by atoms with Gasteiger partial charge in [0.2, 0.25) is 0 Å². The number of hydrazine groups is 1. The van der Waals surface area contributed by atoms with Crippen molar-refractivity contribution in [2.24, 2.45) is 0 Å². The zero-order valence-electron chi connectivity index (χ0n) is 9.67. The highest BCUT2D eigenvalue weighted by Gasteiger charge is 2.01. The first-order valence-electron chi connectivity index (χ1n) is 5.71. The molecule has 0 aliphatic heterocycles. The Kier molecular flexibility index (Phi) is 2.75. The van der Waals surface area contributed by atoms with Crippen LogP contribution in [0.1, 0.15) is 0 Å². The van der Waals surface area contributed by atoms with Gasteiger partial charge in [-0.3, -0.25) is 10.9 Å². The topological polar surface area (TPSA) is 49.8 Å². The van der Waals surface area contributed by atoms with E-state index < -0.39 is 0 Å². The van der Waals surface area contributed by atoms with Crippen LogP contribution in [0.4, 0.5) is 11.5 Å². The van der Waals surface area contributed by atoms with Crippen molar-refractivity contribution in [2.45, 2.75) is 0 Å². The highest BCUT2D eigenvalue weighted by molar-refractivity contribution is 5.91. The molecule has 0 saturated carbocycles. The summed E-state index contributed by atoms with van der Waals surface area (Å²) in [6.07, 6.45) is 1.75. The van der Waals surface area contributed by atoms with Crippen molar-refractivity contribution in [2.75, 3.05) is 10.9 Å². The molecule has 4 heteroatoms. The van der Waals surface area contributed by atoms with Gasteiger partial charge in [-0.15, -0.1) is 5.10 Å². The molecule has 4 nitrogen and oxygen atoms in total. The summed E-state index contributed by atoms with van der Waals surface area (Å²) in [7, 11) is 0. The Morgan fingerprint density at radius 1 is 0.778 bits per heavy atom. The first-order chi connectivity index (χ1) is 8.93. The molecule has 2 aromatic carbocycles. The molecule has 0 bridgehead atoms. The molecule has 18 heavy (non-hydrogen) atoms. The third-order valence-corrected chi connectivity index (χ3v) is 2.67. The first kappa shape index (κ1) is 10.5. The lowest BCUT2D eigenvalue weighted by Crippen LogP contribution is -2.10. The van der Waals surface area contributed by atoms with Crippen molar-refractivity contribution in [3.63, 3.8) is 0 Å². The summed E-state index contributed by atoms with van der Waals surface area (Å²) in [6, 6.07) is 17.9. The second-order valence-electron chi connectivity index (χ2n) is 3.90. The van der Waals surface area contributed by atoms with Gasteiger partial charge >= 0.3 is 0 Å². The third kappa shape index (κ3) is 2.08. The zero-order chi connectivity index (χ0) is 12.2. The quantitative estimate of drug-likeness (QED) is 0.686. The van der Waals surface area contributed by atoms with E-state index >= 15 is 0 Å². The molecular weight excluding hydrogens is 224 g/mol. The highest BCUT2D eigenvalue weighted by Crippen LogP contribution is 2.19. The van der Waals surface area contributed by atoms with Gasteiger partial charge in [0.05, 0.1) is 11.9 Å². The number of anilines is 2. The third-order valence-electron chi connectivity index (χ3n) is 2.67. The van der Waals surface area contributed by atoms with Crippen LogP contribution >= 0.6 is 0 Å². The molecule has 0 fully saturated rings. The monoisotopic (exact) mass is 236 g/mol. The molecule has 3 rings (SSSR count). The molecule has 88 valence electrons. The lowest BCUT2D eigenvalue weighted by molar-refractivity contribution is 1.05. The molecule has 0 amide bonds. The van der Waals surface area contributed by atoms with Crippen molar-refractivity contribution in [3.8, 4) is 0 Å². The Hall–Kier alpha value is -2.62. The zero-order valence-corrected chi connectivity index (χ0v) is 9.67. The summed E-state index contributed by atoms with van der Waals surface area (Å²) in [5, 5.41) is 10.2. The van der Waals surface area contributed by atoms with Gasteiger partial charge in [-0.1, -0.05) is 42.5 Å². The molecule has 0 unspecified atom stereocenters. The molecule has 0 saturated heterocycles. The fourth-order valence-electron chi connectivity index (χ4n) is 1.77. The molecule has 2 N–H and O–H groups in total. The van der Waals surface area contributed by atoms with Gasteiger partial charge in [0.15, 0.2) is 5.82 Å². The minimum Gasteiger partial charge on any atom is -0.300 e. The van der Waals surface area contributed by atoms with Gasteiger partial charge in [0.1, 0.15) is 0 Å². The van der Waals surface area contributed by atoms with E-state index in [1.165, 1.54) is 0 Å². The molecule has 0 spiro atoms. The van der Waals surface area contributed by atoms with E-state index in [9.17, 15) is 0 Å². The van der Waals surface area contributed by atoms with E-state index in [1.54, 1.807) is 6.20 Å². The van der Waals surface area contributed by atoms with Crippen LogP contribution in [0.3, 0.4) is 0 Å². The van der Waals surface area contributed by atoms with E-state index in [2.05, 4.69) is 21.0 Å². The summed E-state index contributed by atoms with van der Waals surface area (Å²) in [4.78, 5) is 0. The lowest BCUT2D eigenvalue weighted by atomic mass is 10.2. The lowest BCUT2D eigenvalue weighted by Gasteiger charge is -2.09. The summed E-state index contributed by atoms with van der Waals surface area (Å²) < 4.78 is 0. The number of para-hydroxylation sites is 1. The largest absolute Gasteiger partial charge is 0.300 e. The number of nitrogens with zero attached hydrogens (tertiary/aromatic N) is 2. The molecule has 1 aromatic heterocycles. The van der Waals surface area contributed by atoms with Gasteiger partial charge in [-0.05, 0) is 12.1 Å². The first-order valence-corrected chi connectivity index (χ1v) is 5.71. The number of hydrogen-bond donors (Lipinski definition) is 2. The summed E-state index contributed by atoms with van der Waals surface area (Å²) in [5.41, 5.74) is 7.16. The van der Waals surface area contributed by atoms with E-state index in [4.69, 9.17) is 0 Å². The predicted octanol–water partition coefficient (Wildman–Crippen LogP) is 3.07. The molecule has 0 radical (unpaired) electrons. The number of fused-ring (bicyclic) bond motifs is 1. The van der Waals surface area contributed by atoms with Crippen LogP contribution in [-0.4, -0.2) is 10.2 Å². The van der Waals surface area contributed by atoms with Crippen LogP contribution < -0.4 is 10.9 Å². The summed E-state index contributed by atoms with van der Waals surface area (Å²) >= 11 is 0. The number of nitrogens with one attached hydrogen (secondary N) is 2. The fourth-order valence-corrected chi connectivity index (χ4v) is 1.77. The van der Waals surface area contributed by atoms with Crippen molar-refractivity contribution >= 4 is 22.3 Å². The number of rotatable bonds is 3. The van der Waals surface area contributed by atoms with Crippen molar-refractivity contribution in [1.82, 2.24) is 10.2 Å². The Bertz CT molecular complexity index is 647. The molecule has 0 aliphatic rings. The molecular formula is C14H12N4. The average molecular weight is 236 g/mol. The van der Waals surface area contributed by atoms with Crippen LogP contribution in [0, 0.1) is 0 Å². The van der Waals surface area contributed by atoms with Crippen LogP contribution in [-0.2, 0) is 0 Å². The summed E-state index contributed by atoms with van der Waals surface area (Å²) in [5.74, 6) is 0.719. The smallest absolute Gasteiger partial charge is 0.174 e. The highest BCUT2D eigenvalue weighted by atomic mass is 15.4. The maximum absolute atomic E-state index is 4.10. The van der Waals surface area contributed by atoms with Crippen LogP contribution in [0.25, 0.3) is 10.8 Å². The average Bonchev–Trinajstić information content (AvgIpc) is 2.46. The van der Waals surface area contributed by atoms with Crippen molar-refractivity contribution in [1.29, 1.82) is 0 Å². The number of aromatic nitrogens is 2. The van der Waals surface area contributed by atoms with E-state index in [0.29, 0.717) is 0 Å². The molecule has 1 heterocycles. The fraction of sp³-hybridized carbons (Fsp3) is 0. The van der Waals surface area contributed by atoms with Crippen molar-refractivity contribution in [3.05, 3.63) is 60.8 Å². The SMILES string of the molecule is c1ccc(NNc2nncc3ccccc23)cc1. The molecule has 0 aliphatic carbocycles. The van der Waals surface area contributed by atoms with Gasteiger partial charge in [0, 0.05) is 10.8 Å². The maximum Gasteiger partial charge on any atom is 0.174 e. The second kappa shape index (κ2) is 4.71. The van der Waals surface area contributed by atoms with Gasteiger partial charge in [-0.25, -0.2) is 0 Å². The van der Waals surface area contributed by atoms with Gasteiger partial charge < -0.3 is 0 Å². The number of hydrogen-bond acceptors (Lipinski definition) is 4. The second-order valence-corrected chi connectivity index (χ2v) is 3.90. The minimum atomic E-state index is 0.719. The standard InChI is InChI=1S/C14H12N4/c1-2-7-12(8-3-1)16-18-14-13-9-5-4-6-11(13)10-15-17-14/h1-10,16H,(H,17,18). The van der Waals surface area contributed by atoms with Gasteiger partial charge in [-0.2, -0.15) is 5.10 Å². The summed E-state index contributed by atoms with van der Waals surface area (Å²) in [6.45, 7) is 0. The Balaban J connectivity index is 1.87. The molecule has 3 aromatic rings. The van der Waals surface area contributed by atoms with E-state index in [1.807, 2.05) is 54.6 Å². The van der Waals surface area contributed by atoms with E-state index in [-0.39, 0.29) is 0 Å². The van der Waals surface area contributed by atoms with E-state index in [0.717, 1.165) is 22.3 Å². The van der Waals surface area contributed by atoms with Gasteiger partial charge in [0.25, 0.3) is 0 Å². The van der Waals surface area contributed by atoms with Crippen molar-refractivity contribution < 1.29 is 0 Å². The Morgan fingerprint density at radius 3 is 2.44 bits per heavy atom. The maximum atomic E-state index is 4.10. The predicted molar refractivity (Wildman–Crippen MR) is 73.2 cm³/mol. The van der Waals surface area contributed by atoms with Crippen LogP contribution in [0.5, 0.6) is 0 Å². The Morgan fingerprint density at radius 2 is 1.56 bits per heavy atom. The minimum absolute atomic E-state index is 0.719. The molecule has 0 atom stereocenters. The van der Waals surface area contributed by atoms with Crippen LogP contribution in [0.2, 0.25) is 0 Å². The normalized spacial score (nSPS) is 10.2. The number of benzene rings is 2. The van der Waals surface area contributed by atoms with Crippen LogP contribution in [0.15, 0.2) is 60.8 Å². The Labute approximate surface area is 105 Å².